The maximum atomic E-state index is 5.62. The first-order valence-corrected chi connectivity index (χ1v) is 6.63. The average molecular weight is 259 g/mol. The van der Waals surface area contributed by atoms with E-state index in [0.717, 1.165) is 12.3 Å². The van der Waals surface area contributed by atoms with Gasteiger partial charge in [-0.15, -0.1) is 0 Å². The number of aromatic nitrogens is 2. The van der Waals surface area contributed by atoms with Gasteiger partial charge < -0.3 is 10.1 Å². The smallest absolute Gasteiger partial charge is 0.119 e. The molecule has 1 aromatic carbocycles. The van der Waals surface area contributed by atoms with E-state index in [1.54, 1.807) is 0 Å². The van der Waals surface area contributed by atoms with Crippen molar-refractivity contribution >= 4 is 0 Å². The SMILES string of the molecule is CC(C)Oc1ccc(CNC(C)c2cn[nH]c2)cc1. The molecule has 0 aliphatic rings. The normalized spacial score (nSPS) is 12.6. The highest BCUT2D eigenvalue weighted by Crippen LogP contribution is 2.15. The summed E-state index contributed by atoms with van der Waals surface area (Å²) < 4.78 is 5.62. The van der Waals surface area contributed by atoms with Crippen molar-refractivity contribution < 1.29 is 4.74 Å². The van der Waals surface area contributed by atoms with Gasteiger partial charge in [-0.25, -0.2) is 0 Å². The minimum Gasteiger partial charge on any atom is -0.491 e. The first-order chi connectivity index (χ1) is 9.15. The van der Waals surface area contributed by atoms with Gasteiger partial charge in [0.05, 0.1) is 12.3 Å². The van der Waals surface area contributed by atoms with E-state index in [-0.39, 0.29) is 12.1 Å². The van der Waals surface area contributed by atoms with Crippen LogP contribution < -0.4 is 10.1 Å². The topological polar surface area (TPSA) is 49.9 Å². The van der Waals surface area contributed by atoms with Gasteiger partial charge in [0, 0.05) is 24.3 Å². The average Bonchev–Trinajstić information content (AvgIpc) is 2.91. The van der Waals surface area contributed by atoms with Crippen molar-refractivity contribution in [2.24, 2.45) is 0 Å². The van der Waals surface area contributed by atoms with Crippen LogP contribution in [0.25, 0.3) is 0 Å². The van der Waals surface area contributed by atoms with E-state index in [2.05, 4.69) is 34.6 Å². The molecule has 1 unspecified atom stereocenters. The summed E-state index contributed by atoms with van der Waals surface area (Å²) in [5.41, 5.74) is 2.41. The molecule has 1 aromatic heterocycles. The summed E-state index contributed by atoms with van der Waals surface area (Å²) in [7, 11) is 0. The van der Waals surface area contributed by atoms with Gasteiger partial charge in [-0.05, 0) is 38.5 Å². The minimum atomic E-state index is 0.213. The third-order valence-electron chi connectivity index (χ3n) is 2.93. The molecule has 0 bridgehead atoms. The fourth-order valence-corrected chi connectivity index (χ4v) is 1.84. The zero-order chi connectivity index (χ0) is 13.7. The first-order valence-electron chi connectivity index (χ1n) is 6.63. The van der Waals surface area contributed by atoms with Gasteiger partial charge in [0.25, 0.3) is 0 Å². The largest absolute Gasteiger partial charge is 0.491 e. The number of rotatable bonds is 6. The number of H-pyrrole nitrogens is 1. The molecule has 4 nitrogen and oxygen atoms in total. The maximum absolute atomic E-state index is 5.62. The summed E-state index contributed by atoms with van der Waals surface area (Å²) in [6.45, 7) is 7.01. The van der Waals surface area contributed by atoms with E-state index in [1.807, 2.05) is 38.4 Å². The number of hydrogen-bond donors (Lipinski definition) is 2. The molecular weight excluding hydrogens is 238 g/mol. The highest BCUT2D eigenvalue weighted by atomic mass is 16.5. The van der Waals surface area contributed by atoms with E-state index in [0.29, 0.717) is 0 Å². The van der Waals surface area contributed by atoms with E-state index in [9.17, 15) is 0 Å². The second-order valence-corrected chi connectivity index (χ2v) is 4.94. The summed E-state index contributed by atoms with van der Waals surface area (Å²) in [6, 6.07) is 8.49. The van der Waals surface area contributed by atoms with Crippen molar-refractivity contribution in [3.05, 3.63) is 47.8 Å². The number of ether oxygens (including phenoxy) is 1. The van der Waals surface area contributed by atoms with Gasteiger partial charge >= 0.3 is 0 Å². The van der Waals surface area contributed by atoms with Crippen LogP contribution in [0.3, 0.4) is 0 Å². The predicted octanol–water partition coefficient (Wildman–Crippen LogP) is 3.05. The third kappa shape index (κ3) is 4.10. The summed E-state index contributed by atoms with van der Waals surface area (Å²) in [5, 5.41) is 10.2. The van der Waals surface area contributed by atoms with E-state index in [1.165, 1.54) is 11.1 Å². The van der Waals surface area contributed by atoms with Crippen molar-refractivity contribution in [3.8, 4) is 5.75 Å². The molecule has 102 valence electrons. The lowest BCUT2D eigenvalue weighted by Gasteiger charge is -2.13. The summed E-state index contributed by atoms with van der Waals surface area (Å²) >= 11 is 0. The van der Waals surface area contributed by atoms with Gasteiger partial charge in [0.15, 0.2) is 0 Å². The van der Waals surface area contributed by atoms with E-state index in [4.69, 9.17) is 4.74 Å². The second-order valence-electron chi connectivity index (χ2n) is 4.94. The molecule has 2 N–H and O–H groups in total. The van der Waals surface area contributed by atoms with Crippen LogP contribution in [0.4, 0.5) is 0 Å². The Kier molecular flexibility index (Phi) is 4.58. The number of hydrogen-bond acceptors (Lipinski definition) is 3. The monoisotopic (exact) mass is 259 g/mol. The summed E-state index contributed by atoms with van der Waals surface area (Å²) in [5.74, 6) is 0.918. The Balaban J connectivity index is 1.86. The molecule has 4 heteroatoms. The van der Waals surface area contributed by atoms with Crippen LogP contribution in [0.5, 0.6) is 5.75 Å². The van der Waals surface area contributed by atoms with E-state index >= 15 is 0 Å². The molecule has 19 heavy (non-hydrogen) atoms. The zero-order valence-electron chi connectivity index (χ0n) is 11.7. The molecule has 0 fully saturated rings. The number of nitrogens with one attached hydrogen (secondary N) is 2. The molecule has 0 saturated carbocycles. The standard InChI is InChI=1S/C15H21N3O/c1-11(2)19-15-6-4-13(5-7-15)8-16-12(3)14-9-17-18-10-14/h4-7,9-12,16H,8H2,1-3H3,(H,17,18). The van der Waals surface area contributed by atoms with Crippen LogP contribution >= 0.6 is 0 Å². The van der Waals surface area contributed by atoms with Gasteiger partial charge in [-0.1, -0.05) is 12.1 Å². The van der Waals surface area contributed by atoms with Gasteiger partial charge in [0.2, 0.25) is 0 Å². The summed E-state index contributed by atoms with van der Waals surface area (Å²) in [4.78, 5) is 0. The maximum Gasteiger partial charge on any atom is 0.119 e. The Bertz CT molecular complexity index is 477. The Morgan fingerprint density at radius 2 is 1.95 bits per heavy atom. The molecule has 0 radical (unpaired) electrons. The fraction of sp³-hybridized carbons (Fsp3) is 0.400. The molecule has 0 aliphatic carbocycles. The van der Waals surface area contributed by atoms with Crippen LogP contribution in [0, 0.1) is 0 Å². The van der Waals surface area contributed by atoms with Gasteiger partial charge in [-0.2, -0.15) is 5.10 Å². The number of nitrogens with zero attached hydrogens (tertiary/aromatic N) is 1. The minimum absolute atomic E-state index is 0.213. The van der Waals surface area contributed by atoms with Crippen molar-refractivity contribution in [1.82, 2.24) is 15.5 Å². The second kappa shape index (κ2) is 6.38. The predicted molar refractivity (Wildman–Crippen MR) is 76.0 cm³/mol. The number of aromatic amines is 1. The highest BCUT2D eigenvalue weighted by Gasteiger charge is 2.05. The quantitative estimate of drug-likeness (QED) is 0.838. The lowest BCUT2D eigenvalue weighted by molar-refractivity contribution is 0.242. The van der Waals surface area contributed by atoms with E-state index < -0.39 is 0 Å². The Morgan fingerprint density at radius 1 is 1.21 bits per heavy atom. The molecule has 2 rings (SSSR count). The van der Waals surface area contributed by atoms with Crippen molar-refractivity contribution in [1.29, 1.82) is 0 Å². The van der Waals surface area contributed by atoms with Crippen LogP contribution in [0.15, 0.2) is 36.7 Å². The molecule has 0 spiro atoms. The van der Waals surface area contributed by atoms with Crippen LogP contribution in [-0.4, -0.2) is 16.3 Å². The molecule has 1 atom stereocenters. The molecular formula is C15H21N3O. The highest BCUT2D eigenvalue weighted by molar-refractivity contribution is 5.27. The van der Waals surface area contributed by atoms with Crippen LogP contribution in [0.1, 0.15) is 37.9 Å². The molecule has 0 amide bonds. The zero-order valence-corrected chi connectivity index (χ0v) is 11.7. The Labute approximate surface area is 114 Å². The van der Waals surface area contributed by atoms with Crippen molar-refractivity contribution in [2.45, 2.75) is 39.5 Å². The molecule has 2 aromatic rings. The Morgan fingerprint density at radius 3 is 2.53 bits per heavy atom. The first kappa shape index (κ1) is 13.6. The lowest BCUT2D eigenvalue weighted by Crippen LogP contribution is -2.17. The summed E-state index contributed by atoms with van der Waals surface area (Å²) in [6.07, 6.45) is 3.97. The fourth-order valence-electron chi connectivity index (χ4n) is 1.84. The molecule has 0 aliphatic heterocycles. The van der Waals surface area contributed by atoms with Crippen LogP contribution in [-0.2, 0) is 6.54 Å². The van der Waals surface area contributed by atoms with Gasteiger partial charge in [-0.3, -0.25) is 5.10 Å². The third-order valence-corrected chi connectivity index (χ3v) is 2.93. The Hall–Kier alpha value is -1.81. The number of benzene rings is 1. The van der Waals surface area contributed by atoms with Crippen LogP contribution in [0.2, 0.25) is 0 Å². The lowest BCUT2D eigenvalue weighted by atomic mass is 10.1. The van der Waals surface area contributed by atoms with Gasteiger partial charge in [0.1, 0.15) is 5.75 Å². The van der Waals surface area contributed by atoms with Crippen molar-refractivity contribution in [3.63, 3.8) is 0 Å². The molecule has 1 heterocycles. The van der Waals surface area contributed by atoms with Crippen molar-refractivity contribution in [2.75, 3.05) is 0 Å². The molecule has 0 saturated heterocycles.